The Labute approximate surface area is 152 Å². The lowest BCUT2D eigenvalue weighted by Gasteiger charge is -2.32. The Morgan fingerprint density at radius 1 is 1.23 bits per heavy atom. The molecule has 0 bridgehead atoms. The van der Waals surface area contributed by atoms with Crippen LogP contribution in [0.5, 0.6) is 5.75 Å². The Kier molecular flexibility index (Phi) is 5.65. The minimum atomic E-state index is -0.292. The highest BCUT2D eigenvalue weighted by Crippen LogP contribution is 2.18. The van der Waals surface area contributed by atoms with Crippen molar-refractivity contribution >= 4 is 5.91 Å². The first kappa shape index (κ1) is 18.1. The highest BCUT2D eigenvalue weighted by molar-refractivity contribution is 5.76. The summed E-state index contributed by atoms with van der Waals surface area (Å²) in [5, 5.41) is 0. The normalized spacial score (nSPS) is 15.1. The second kappa shape index (κ2) is 8.12. The molecular weight excluding hydrogens is 332 g/mol. The van der Waals surface area contributed by atoms with Crippen molar-refractivity contribution in [2.45, 2.75) is 45.8 Å². The second-order valence-corrected chi connectivity index (χ2v) is 6.60. The molecule has 0 radical (unpaired) electrons. The molecule has 26 heavy (non-hydrogen) atoms. The van der Waals surface area contributed by atoms with Gasteiger partial charge in [-0.1, -0.05) is 0 Å². The third-order valence-corrected chi connectivity index (χ3v) is 4.64. The average Bonchev–Trinajstić information content (AvgIpc) is 2.62. The molecule has 0 atom stereocenters. The lowest BCUT2D eigenvalue weighted by atomic mass is 10.1. The van der Waals surface area contributed by atoms with Crippen LogP contribution in [-0.4, -0.2) is 44.5 Å². The summed E-state index contributed by atoms with van der Waals surface area (Å²) in [6.07, 6.45) is 5.45. The van der Waals surface area contributed by atoms with Gasteiger partial charge in [0.1, 0.15) is 11.9 Å². The van der Waals surface area contributed by atoms with Crippen LogP contribution in [0, 0.1) is 13.8 Å². The minimum Gasteiger partial charge on any atom is -0.490 e. The summed E-state index contributed by atoms with van der Waals surface area (Å²) in [5.74, 6) is 0.880. The molecule has 1 fully saturated rings. The van der Waals surface area contributed by atoms with E-state index in [-0.39, 0.29) is 17.7 Å². The van der Waals surface area contributed by atoms with E-state index < -0.39 is 0 Å². The van der Waals surface area contributed by atoms with Crippen molar-refractivity contribution in [2.24, 2.45) is 0 Å². The highest BCUT2D eigenvalue weighted by atomic mass is 16.5. The first-order valence-electron chi connectivity index (χ1n) is 8.92. The number of piperidine rings is 1. The maximum absolute atomic E-state index is 12.5. The predicted molar refractivity (Wildman–Crippen MR) is 97.1 cm³/mol. The van der Waals surface area contributed by atoms with E-state index in [0.717, 1.165) is 24.3 Å². The maximum atomic E-state index is 12.5. The van der Waals surface area contributed by atoms with Crippen molar-refractivity contribution in [3.63, 3.8) is 0 Å². The molecule has 0 unspecified atom stereocenters. The van der Waals surface area contributed by atoms with Crippen molar-refractivity contribution in [2.75, 3.05) is 13.1 Å². The Morgan fingerprint density at radius 3 is 2.58 bits per heavy atom. The fourth-order valence-corrected chi connectivity index (χ4v) is 3.24. The number of amides is 1. The first-order chi connectivity index (χ1) is 12.5. The number of ether oxygens (including phenoxy) is 1. The Balaban J connectivity index is 1.49. The summed E-state index contributed by atoms with van der Waals surface area (Å²) < 4.78 is 7.48. The molecule has 2 aromatic rings. The number of likely N-dealkylation sites (tertiary alicyclic amines) is 1. The predicted octanol–water partition coefficient (Wildman–Crippen LogP) is 1.72. The molecule has 1 aliphatic rings. The van der Waals surface area contributed by atoms with E-state index in [9.17, 15) is 9.59 Å². The quantitative estimate of drug-likeness (QED) is 0.815. The summed E-state index contributed by atoms with van der Waals surface area (Å²) in [4.78, 5) is 34.2. The van der Waals surface area contributed by atoms with Gasteiger partial charge in [-0.2, -0.15) is 4.98 Å². The van der Waals surface area contributed by atoms with Crippen molar-refractivity contribution < 1.29 is 9.53 Å². The third-order valence-electron chi connectivity index (χ3n) is 4.64. The smallest absolute Gasteiger partial charge is 0.347 e. The molecule has 2 aromatic heterocycles. The van der Waals surface area contributed by atoms with E-state index in [4.69, 9.17) is 4.74 Å². The van der Waals surface area contributed by atoms with Gasteiger partial charge in [-0.15, -0.1) is 0 Å². The van der Waals surface area contributed by atoms with Gasteiger partial charge in [-0.25, -0.2) is 4.79 Å². The Hall–Kier alpha value is -2.70. The molecule has 0 saturated carbocycles. The van der Waals surface area contributed by atoms with Gasteiger partial charge < -0.3 is 9.64 Å². The average molecular weight is 356 g/mol. The van der Waals surface area contributed by atoms with Crippen LogP contribution < -0.4 is 10.4 Å². The summed E-state index contributed by atoms with van der Waals surface area (Å²) in [6.45, 7) is 5.37. The summed E-state index contributed by atoms with van der Waals surface area (Å²) in [7, 11) is 0. The number of pyridine rings is 1. The van der Waals surface area contributed by atoms with Crippen LogP contribution in [0.1, 0.15) is 30.7 Å². The van der Waals surface area contributed by atoms with Gasteiger partial charge in [-0.05, 0) is 32.0 Å². The van der Waals surface area contributed by atoms with Crippen LogP contribution in [0.2, 0.25) is 0 Å². The van der Waals surface area contributed by atoms with Crippen molar-refractivity contribution in [3.8, 4) is 5.75 Å². The SMILES string of the molecule is Cc1cc(C)n(CCC(=O)N2CCC(Oc3ccncc3)CC2)c(=O)n1. The maximum Gasteiger partial charge on any atom is 0.347 e. The molecule has 7 nitrogen and oxygen atoms in total. The van der Waals surface area contributed by atoms with E-state index in [0.29, 0.717) is 31.7 Å². The monoisotopic (exact) mass is 356 g/mol. The number of hydrogen-bond donors (Lipinski definition) is 0. The summed E-state index contributed by atoms with van der Waals surface area (Å²) in [6, 6.07) is 5.54. The second-order valence-electron chi connectivity index (χ2n) is 6.60. The van der Waals surface area contributed by atoms with Crippen molar-refractivity contribution in [1.29, 1.82) is 0 Å². The van der Waals surface area contributed by atoms with Crippen LogP contribution in [0.3, 0.4) is 0 Å². The number of carbonyl (C=O) groups excluding carboxylic acids is 1. The van der Waals surface area contributed by atoms with Gasteiger partial charge in [0.25, 0.3) is 0 Å². The summed E-state index contributed by atoms with van der Waals surface area (Å²) in [5.41, 5.74) is 1.24. The number of aryl methyl sites for hydroxylation is 2. The van der Waals surface area contributed by atoms with Crippen LogP contribution in [0.4, 0.5) is 0 Å². The van der Waals surface area contributed by atoms with Gasteiger partial charge >= 0.3 is 5.69 Å². The van der Waals surface area contributed by atoms with E-state index >= 15 is 0 Å². The highest BCUT2D eigenvalue weighted by Gasteiger charge is 2.24. The van der Waals surface area contributed by atoms with Crippen molar-refractivity contribution in [1.82, 2.24) is 19.4 Å². The van der Waals surface area contributed by atoms with Gasteiger partial charge in [0.15, 0.2) is 0 Å². The zero-order chi connectivity index (χ0) is 18.5. The lowest BCUT2D eigenvalue weighted by molar-refractivity contribution is -0.133. The molecular formula is C19H24N4O3. The molecule has 3 rings (SSSR count). The van der Waals surface area contributed by atoms with Crippen LogP contribution in [0.15, 0.2) is 35.4 Å². The molecule has 7 heteroatoms. The molecule has 3 heterocycles. The van der Waals surface area contributed by atoms with E-state index in [1.165, 1.54) is 0 Å². The van der Waals surface area contributed by atoms with Crippen molar-refractivity contribution in [3.05, 3.63) is 52.5 Å². The molecule has 1 aliphatic heterocycles. The molecule has 0 aliphatic carbocycles. The number of nitrogens with zero attached hydrogens (tertiary/aromatic N) is 4. The molecule has 1 amide bonds. The largest absolute Gasteiger partial charge is 0.490 e. The topological polar surface area (TPSA) is 77.3 Å². The van der Waals surface area contributed by atoms with Crippen LogP contribution >= 0.6 is 0 Å². The first-order valence-corrected chi connectivity index (χ1v) is 8.92. The van der Waals surface area contributed by atoms with Gasteiger partial charge in [0.2, 0.25) is 5.91 Å². The molecule has 0 aromatic carbocycles. The van der Waals surface area contributed by atoms with E-state index in [1.54, 1.807) is 23.9 Å². The molecule has 1 saturated heterocycles. The summed E-state index contributed by atoms with van der Waals surface area (Å²) >= 11 is 0. The Morgan fingerprint density at radius 2 is 1.92 bits per heavy atom. The molecule has 0 spiro atoms. The number of hydrogen-bond acceptors (Lipinski definition) is 5. The van der Waals surface area contributed by atoms with Gasteiger partial charge in [0, 0.05) is 62.7 Å². The molecule has 138 valence electrons. The van der Waals surface area contributed by atoms with Gasteiger partial charge in [0.05, 0.1) is 0 Å². The van der Waals surface area contributed by atoms with Gasteiger partial charge in [-0.3, -0.25) is 14.3 Å². The lowest BCUT2D eigenvalue weighted by Crippen LogP contribution is -2.42. The molecule has 0 N–H and O–H groups in total. The van der Waals surface area contributed by atoms with E-state index in [2.05, 4.69) is 9.97 Å². The fraction of sp³-hybridized carbons (Fsp3) is 0.474. The zero-order valence-corrected chi connectivity index (χ0v) is 15.2. The minimum absolute atomic E-state index is 0.0687. The number of carbonyl (C=O) groups is 1. The third kappa shape index (κ3) is 4.47. The van der Waals surface area contributed by atoms with Crippen LogP contribution in [-0.2, 0) is 11.3 Å². The van der Waals surface area contributed by atoms with E-state index in [1.807, 2.05) is 30.0 Å². The fourth-order valence-electron chi connectivity index (χ4n) is 3.24. The Bertz CT molecular complexity index is 811. The zero-order valence-electron chi connectivity index (χ0n) is 15.2. The van der Waals surface area contributed by atoms with Crippen LogP contribution in [0.25, 0.3) is 0 Å². The standard InChI is InChI=1S/C19H24N4O3/c1-14-13-15(2)23(19(25)21-14)12-7-18(24)22-10-5-17(6-11-22)26-16-3-8-20-9-4-16/h3-4,8-9,13,17H,5-7,10-12H2,1-2H3. The number of aromatic nitrogens is 3. The number of rotatable bonds is 5.